The van der Waals surface area contributed by atoms with E-state index in [1.54, 1.807) is 0 Å². The molecule has 1 N–H and O–H groups in total. The molecule has 1 aromatic rings. The zero-order chi connectivity index (χ0) is 16.8. The zero-order valence-electron chi connectivity index (χ0n) is 12.3. The van der Waals surface area contributed by atoms with Crippen molar-refractivity contribution in [2.45, 2.75) is 25.5 Å². The Balaban J connectivity index is 1.97. The van der Waals surface area contributed by atoms with E-state index in [0.29, 0.717) is 18.7 Å². The minimum atomic E-state index is -2.90. The molecule has 23 heavy (non-hydrogen) atoms. The van der Waals surface area contributed by atoms with Crippen LogP contribution >= 0.6 is 0 Å². The summed E-state index contributed by atoms with van der Waals surface area (Å²) < 4.78 is 33.6. The number of hydrogen-bond donors (Lipinski definition) is 1. The molecule has 8 heteroatoms. The molecular weight excluding hydrogens is 312 g/mol. The maximum atomic E-state index is 12.3. The third kappa shape index (κ3) is 5.17. The van der Waals surface area contributed by atoms with Crippen LogP contribution in [0, 0.1) is 0 Å². The zero-order valence-corrected chi connectivity index (χ0v) is 12.3. The summed E-state index contributed by atoms with van der Waals surface area (Å²) in [5.74, 6) is -1.19. The van der Waals surface area contributed by atoms with E-state index in [0.717, 1.165) is 0 Å². The highest BCUT2D eigenvalue weighted by Crippen LogP contribution is 2.17. The largest absolute Gasteiger partial charge is 0.481 e. The number of benzene rings is 1. The average Bonchev–Trinajstić information content (AvgIpc) is 2.48. The molecule has 1 fully saturated rings. The van der Waals surface area contributed by atoms with Gasteiger partial charge in [0.05, 0.1) is 32.1 Å². The van der Waals surface area contributed by atoms with Gasteiger partial charge in [-0.1, -0.05) is 12.1 Å². The molecule has 126 valence electrons. The van der Waals surface area contributed by atoms with Crippen molar-refractivity contribution >= 4 is 11.9 Å². The third-order valence-electron chi connectivity index (χ3n) is 3.46. The van der Waals surface area contributed by atoms with Gasteiger partial charge in [-0.2, -0.15) is 8.78 Å². The molecule has 2 rings (SSSR count). The summed E-state index contributed by atoms with van der Waals surface area (Å²) in [6.07, 6.45) is -0.113. The molecule has 1 aliphatic rings. The maximum Gasteiger partial charge on any atom is 0.387 e. The molecule has 1 aliphatic heterocycles. The highest BCUT2D eigenvalue weighted by Gasteiger charge is 2.28. The van der Waals surface area contributed by atoms with Gasteiger partial charge < -0.3 is 19.5 Å². The van der Waals surface area contributed by atoms with Crippen molar-refractivity contribution in [1.82, 2.24) is 4.90 Å². The lowest BCUT2D eigenvalue weighted by Gasteiger charge is -2.35. The van der Waals surface area contributed by atoms with Crippen molar-refractivity contribution in [1.29, 1.82) is 0 Å². The Kier molecular flexibility index (Phi) is 5.86. The monoisotopic (exact) mass is 329 g/mol. The van der Waals surface area contributed by atoms with E-state index in [1.807, 2.05) is 0 Å². The molecule has 0 bridgehead atoms. The molecular formula is C15H17F2NO5. The predicted octanol–water partition coefficient (Wildman–Crippen LogP) is 1.53. The second-order valence-electron chi connectivity index (χ2n) is 5.11. The SMILES string of the molecule is O=C(O)CC1COCCN1C(=O)Cc1ccc(OC(F)F)cc1. The van der Waals surface area contributed by atoms with Crippen LogP contribution in [0.1, 0.15) is 12.0 Å². The lowest BCUT2D eigenvalue weighted by atomic mass is 10.1. The Morgan fingerprint density at radius 1 is 1.35 bits per heavy atom. The first-order valence-corrected chi connectivity index (χ1v) is 7.08. The smallest absolute Gasteiger partial charge is 0.387 e. The summed E-state index contributed by atoms with van der Waals surface area (Å²) >= 11 is 0. The highest BCUT2D eigenvalue weighted by molar-refractivity contribution is 5.80. The number of carbonyl (C=O) groups is 2. The number of halogens is 2. The molecule has 1 atom stereocenters. The number of morpholine rings is 1. The normalized spacial score (nSPS) is 18.0. The average molecular weight is 329 g/mol. The number of aliphatic carboxylic acids is 1. The topological polar surface area (TPSA) is 76.1 Å². The molecule has 6 nitrogen and oxygen atoms in total. The molecule has 0 aliphatic carbocycles. The Bertz CT molecular complexity index is 549. The summed E-state index contributed by atoms with van der Waals surface area (Å²) in [6, 6.07) is 5.30. The van der Waals surface area contributed by atoms with Crippen LogP contribution in [-0.4, -0.2) is 54.3 Å². The number of ether oxygens (including phenoxy) is 2. The standard InChI is InChI=1S/C15H17F2NO5/c16-15(17)23-12-3-1-10(2-4-12)7-13(19)18-5-6-22-9-11(18)8-14(20)21/h1-4,11,15H,5-9H2,(H,20,21). The molecule has 0 radical (unpaired) electrons. The Hall–Kier alpha value is -2.22. The van der Waals surface area contributed by atoms with Crippen molar-refractivity contribution in [2.24, 2.45) is 0 Å². The van der Waals surface area contributed by atoms with Crippen LogP contribution in [0.15, 0.2) is 24.3 Å². The van der Waals surface area contributed by atoms with Gasteiger partial charge in [0, 0.05) is 6.54 Å². The number of carboxylic acid groups (broad SMARTS) is 1. The fourth-order valence-corrected chi connectivity index (χ4v) is 2.42. The van der Waals surface area contributed by atoms with E-state index in [9.17, 15) is 18.4 Å². The van der Waals surface area contributed by atoms with Gasteiger partial charge in [0.2, 0.25) is 5.91 Å². The van der Waals surface area contributed by atoms with Crippen LogP contribution in [0.2, 0.25) is 0 Å². The van der Waals surface area contributed by atoms with E-state index >= 15 is 0 Å². The third-order valence-corrected chi connectivity index (χ3v) is 3.46. The summed E-state index contributed by atoms with van der Waals surface area (Å²) in [5, 5.41) is 8.89. The first kappa shape index (κ1) is 17.1. The van der Waals surface area contributed by atoms with E-state index in [2.05, 4.69) is 4.74 Å². The maximum absolute atomic E-state index is 12.3. The second-order valence-corrected chi connectivity index (χ2v) is 5.11. The molecule has 0 aromatic heterocycles. The number of alkyl halides is 2. The summed E-state index contributed by atoms with van der Waals surface area (Å²) in [5.41, 5.74) is 0.636. The van der Waals surface area contributed by atoms with Crippen LogP contribution in [-0.2, 0) is 20.7 Å². The van der Waals surface area contributed by atoms with Gasteiger partial charge >= 0.3 is 12.6 Å². The second kappa shape index (κ2) is 7.87. The number of rotatable bonds is 6. The quantitative estimate of drug-likeness (QED) is 0.857. The number of carbonyl (C=O) groups excluding carboxylic acids is 1. The minimum Gasteiger partial charge on any atom is -0.481 e. The van der Waals surface area contributed by atoms with Crippen molar-refractivity contribution in [3.05, 3.63) is 29.8 Å². The van der Waals surface area contributed by atoms with Gasteiger partial charge in [0.1, 0.15) is 5.75 Å². The number of hydrogen-bond acceptors (Lipinski definition) is 4. The van der Waals surface area contributed by atoms with Gasteiger partial charge in [0.15, 0.2) is 0 Å². The van der Waals surface area contributed by atoms with Crippen LogP contribution in [0.5, 0.6) is 5.75 Å². The first-order valence-electron chi connectivity index (χ1n) is 7.08. The van der Waals surface area contributed by atoms with Crippen LogP contribution in [0.3, 0.4) is 0 Å². The van der Waals surface area contributed by atoms with Gasteiger partial charge in [-0.25, -0.2) is 0 Å². The van der Waals surface area contributed by atoms with E-state index in [1.165, 1.54) is 29.2 Å². The number of carboxylic acids is 1. The Morgan fingerprint density at radius 3 is 2.65 bits per heavy atom. The van der Waals surface area contributed by atoms with Crippen LogP contribution < -0.4 is 4.74 Å². The Labute approximate surface area is 131 Å². The highest BCUT2D eigenvalue weighted by atomic mass is 19.3. The summed E-state index contributed by atoms with van der Waals surface area (Å²) in [4.78, 5) is 24.7. The molecule has 1 amide bonds. The van der Waals surface area contributed by atoms with Gasteiger partial charge in [-0.15, -0.1) is 0 Å². The molecule has 1 aromatic carbocycles. The molecule has 1 heterocycles. The van der Waals surface area contributed by atoms with Gasteiger partial charge in [-0.3, -0.25) is 9.59 Å². The summed E-state index contributed by atoms with van der Waals surface area (Å²) in [7, 11) is 0. The fraction of sp³-hybridized carbons (Fsp3) is 0.467. The van der Waals surface area contributed by atoms with Crippen LogP contribution in [0.4, 0.5) is 8.78 Å². The molecule has 0 saturated carbocycles. The van der Waals surface area contributed by atoms with Crippen molar-refractivity contribution in [3.8, 4) is 5.75 Å². The minimum absolute atomic E-state index is 0.0197. The Morgan fingerprint density at radius 2 is 2.04 bits per heavy atom. The van der Waals surface area contributed by atoms with Crippen molar-refractivity contribution < 1.29 is 33.0 Å². The van der Waals surface area contributed by atoms with Crippen molar-refractivity contribution in [3.63, 3.8) is 0 Å². The lowest BCUT2D eigenvalue weighted by molar-refractivity contribution is -0.145. The summed E-state index contributed by atoms with van der Waals surface area (Å²) in [6.45, 7) is -2.00. The van der Waals surface area contributed by atoms with Crippen molar-refractivity contribution in [2.75, 3.05) is 19.8 Å². The molecule has 1 unspecified atom stereocenters. The van der Waals surface area contributed by atoms with E-state index in [4.69, 9.17) is 9.84 Å². The molecule has 1 saturated heterocycles. The number of amides is 1. The van der Waals surface area contributed by atoms with Crippen LogP contribution in [0.25, 0.3) is 0 Å². The predicted molar refractivity (Wildman–Crippen MR) is 75.4 cm³/mol. The van der Waals surface area contributed by atoms with E-state index in [-0.39, 0.29) is 31.1 Å². The fourth-order valence-electron chi connectivity index (χ4n) is 2.42. The lowest BCUT2D eigenvalue weighted by Crippen LogP contribution is -2.50. The first-order chi connectivity index (χ1) is 11.0. The van der Waals surface area contributed by atoms with E-state index < -0.39 is 18.6 Å². The van der Waals surface area contributed by atoms with Gasteiger partial charge in [0.25, 0.3) is 0 Å². The van der Waals surface area contributed by atoms with Gasteiger partial charge in [-0.05, 0) is 17.7 Å². The number of nitrogens with zero attached hydrogens (tertiary/aromatic N) is 1. The molecule has 0 spiro atoms.